The molecule has 0 aliphatic rings. The van der Waals surface area contributed by atoms with E-state index in [0.29, 0.717) is 0 Å². The minimum absolute atomic E-state index is 1.30. The number of aryl methyl sites for hydroxylation is 2. The van der Waals surface area contributed by atoms with Crippen molar-refractivity contribution < 1.29 is 0 Å². The van der Waals surface area contributed by atoms with E-state index >= 15 is 0 Å². The van der Waals surface area contributed by atoms with Crippen LogP contribution in [0.15, 0.2) is 97.1 Å². The van der Waals surface area contributed by atoms with E-state index in [2.05, 4.69) is 148 Å². The molecule has 0 saturated carbocycles. The Morgan fingerprint density at radius 3 is 1.28 bits per heavy atom. The van der Waals surface area contributed by atoms with E-state index in [9.17, 15) is 0 Å². The molecule has 0 aromatic heterocycles. The van der Waals surface area contributed by atoms with Crippen LogP contribution in [0.5, 0.6) is 0 Å². The number of rotatable bonds is 4. The van der Waals surface area contributed by atoms with E-state index < -0.39 is 10.3 Å². The van der Waals surface area contributed by atoms with Crippen molar-refractivity contribution in [1.82, 2.24) is 0 Å². The third-order valence-electron chi connectivity index (χ3n) is 5.18. The molecule has 0 nitrogen and oxygen atoms in total. The van der Waals surface area contributed by atoms with Gasteiger partial charge in [0.2, 0.25) is 0 Å². The predicted molar refractivity (Wildman–Crippen MR) is 146 cm³/mol. The van der Waals surface area contributed by atoms with E-state index in [4.69, 9.17) is 0 Å². The maximum absolute atomic E-state index is 2.78. The van der Waals surface area contributed by atoms with Crippen LogP contribution >= 0.6 is 37.4 Å². The van der Waals surface area contributed by atoms with Crippen molar-refractivity contribution in [2.75, 3.05) is 0 Å². The molecular weight excluding hydrogens is 694 g/mol. The van der Waals surface area contributed by atoms with Crippen LogP contribution in [0.4, 0.5) is 0 Å². The first kappa shape index (κ1) is 21.4. The molecule has 0 atom stereocenters. The van der Waals surface area contributed by atoms with E-state index in [1.54, 1.807) is 0 Å². The Morgan fingerprint density at radius 2 is 0.897 bits per heavy atom. The second-order valence-electron chi connectivity index (χ2n) is 7.15. The van der Waals surface area contributed by atoms with E-state index in [-0.39, 0.29) is 0 Å². The number of hydrogen-bond donors (Lipinski definition) is 0. The van der Waals surface area contributed by atoms with E-state index in [1.807, 2.05) is 0 Å². The van der Waals surface area contributed by atoms with Crippen LogP contribution in [0.2, 0.25) is 0 Å². The molecule has 0 saturated heterocycles. The van der Waals surface area contributed by atoms with Gasteiger partial charge in [0, 0.05) is 0 Å². The van der Waals surface area contributed by atoms with Crippen LogP contribution in [0.3, 0.4) is 0 Å². The summed E-state index contributed by atoms with van der Waals surface area (Å²) in [4.78, 5) is 0. The minimum atomic E-state index is -2.53. The average molecular weight is 716 g/mol. The fourth-order valence-corrected chi connectivity index (χ4v) is 14.5. The van der Waals surface area contributed by atoms with Crippen molar-refractivity contribution >= 4 is 54.9 Å². The third kappa shape index (κ3) is 4.58. The molecule has 3 heteroatoms. The monoisotopic (exact) mass is 718 g/mol. The molecule has 0 bridgehead atoms. The summed E-state index contributed by atoms with van der Waals surface area (Å²) in [7, 11) is -2.53. The molecule has 0 fully saturated rings. The Kier molecular flexibility index (Phi) is 6.70. The molecule has 4 aromatic rings. The molecule has 146 valence electrons. The zero-order valence-electron chi connectivity index (χ0n) is 16.4. The fourth-order valence-electron chi connectivity index (χ4n) is 3.51. The van der Waals surface area contributed by atoms with Crippen molar-refractivity contribution in [3.8, 4) is 22.3 Å². The molecule has 29 heavy (non-hydrogen) atoms. The molecule has 0 radical (unpaired) electrons. The van der Waals surface area contributed by atoms with Gasteiger partial charge in [-0.25, -0.2) is 0 Å². The van der Waals surface area contributed by atoms with Gasteiger partial charge in [-0.3, -0.25) is 0 Å². The SMILES string of the molecule is Cc1ccc([Te](I)(I)c2ccc(C)c(-c3ccccc3)c2)cc1-c1ccccc1. The third-order valence-corrected chi connectivity index (χ3v) is 23.7. The zero-order valence-corrected chi connectivity index (χ0v) is 23.0. The summed E-state index contributed by atoms with van der Waals surface area (Å²) in [5, 5.41) is 0. The van der Waals surface area contributed by atoms with Crippen molar-refractivity contribution in [3.63, 3.8) is 0 Å². The normalized spacial score (nSPS) is 12.0. The number of hydrogen-bond acceptors (Lipinski definition) is 0. The van der Waals surface area contributed by atoms with Gasteiger partial charge in [0.1, 0.15) is 0 Å². The zero-order chi connectivity index (χ0) is 20.4. The van der Waals surface area contributed by atoms with Crippen molar-refractivity contribution in [1.29, 1.82) is 0 Å². The summed E-state index contributed by atoms with van der Waals surface area (Å²) in [6, 6.07) is 35.7. The van der Waals surface area contributed by atoms with Crippen LogP contribution in [-0.4, -0.2) is 10.3 Å². The molecule has 0 aliphatic heterocycles. The summed E-state index contributed by atoms with van der Waals surface area (Å²) < 4.78 is 3.00. The molecule has 4 aromatic carbocycles. The Morgan fingerprint density at radius 1 is 0.517 bits per heavy atom. The van der Waals surface area contributed by atoms with Crippen LogP contribution in [0.25, 0.3) is 22.3 Å². The molecule has 0 amide bonds. The van der Waals surface area contributed by atoms with Gasteiger partial charge in [0.15, 0.2) is 0 Å². The van der Waals surface area contributed by atoms with Gasteiger partial charge in [-0.15, -0.1) is 0 Å². The summed E-state index contributed by atoms with van der Waals surface area (Å²) in [6.07, 6.45) is 0. The maximum atomic E-state index is 2.78. The number of benzene rings is 4. The summed E-state index contributed by atoms with van der Waals surface area (Å²) in [5.74, 6) is 0. The topological polar surface area (TPSA) is 0 Å². The molecule has 0 aliphatic carbocycles. The summed E-state index contributed by atoms with van der Waals surface area (Å²) in [6.45, 7) is 4.42. The second-order valence-corrected chi connectivity index (χ2v) is 41.6. The first-order valence-electron chi connectivity index (χ1n) is 9.51. The van der Waals surface area contributed by atoms with Gasteiger partial charge < -0.3 is 0 Å². The van der Waals surface area contributed by atoms with Crippen LogP contribution in [0, 0.1) is 13.8 Å². The van der Waals surface area contributed by atoms with Gasteiger partial charge >= 0.3 is 199 Å². The van der Waals surface area contributed by atoms with Gasteiger partial charge in [-0.1, -0.05) is 0 Å². The van der Waals surface area contributed by atoms with Crippen LogP contribution in [-0.2, 0) is 0 Å². The predicted octanol–water partition coefficient (Wildman–Crippen LogP) is 7.06. The molecular formula is C26H22I2Te. The van der Waals surface area contributed by atoms with Gasteiger partial charge in [0.05, 0.1) is 0 Å². The van der Waals surface area contributed by atoms with Gasteiger partial charge in [-0.2, -0.15) is 0 Å². The van der Waals surface area contributed by atoms with Gasteiger partial charge in [-0.05, 0) is 0 Å². The van der Waals surface area contributed by atoms with E-state index in [0.717, 1.165) is 0 Å². The second kappa shape index (κ2) is 9.09. The molecule has 0 heterocycles. The Labute approximate surface area is 197 Å². The first-order chi connectivity index (χ1) is 14.0. The summed E-state index contributed by atoms with van der Waals surface area (Å²) >= 11 is 5.56. The fraction of sp³-hybridized carbons (Fsp3) is 0.0769. The Hall–Kier alpha value is -0.870. The molecule has 0 spiro atoms. The number of halogens is 2. The van der Waals surface area contributed by atoms with E-state index in [1.165, 1.54) is 40.6 Å². The standard InChI is InChI=1S/C26H22I2Te/c1-19-13-15-23(17-25(19)21-9-5-3-6-10-21)29(27,28)24-16-14-20(2)26(18-24)22-11-7-4-8-12-22/h3-18H,1-2H3. The quantitative estimate of drug-likeness (QED) is 0.157. The van der Waals surface area contributed by atoms with Crippen molar-refractivity contribution in [3.05, 3.63) is 108 Å². The molecule has 4 rings (SSSR count). The Bertz CT molecular complexity index is 1040. The summed E-state index contributed by atoms with van der Waals surface area (Å²) in [5.41, 5.74) is 7.96. The van der Waals surface area contributed by atoms with Crippen molar-refractivity contribution in [2.24, 2.45) is 0 Å². The molecule has 0 N–H and O–H groups in total. The first-order valence-corrected chi connectivity index (χ1v) is 25.4. The van der Waals surface area contributed by atoms with Crippen LogP contribution < -0.4 is 7.22 Å². The Balaban J connectivity index is 1.80. The van der Waals surface area contributed by atoms with Gasteiger partial charge in [0.25, 0.3) is 0 Å². The molecule has 0 unspecified atom stereocenters. The van der Waals surface area contributed by atoms with Crippen molar-refractivity contribution in [2.45, 2.75) is 13.8 Å². The van der Waals surface area contributed by atoms with Crippen LogP contribution in [0.1, 0.15) is 11.1 Å². The average Bonchev–Trinajstić information content (AvgIpc) is 2.75.